The average molecular weight is 858 g/mol. The van der Waals surface area contributed by atoms with Gasteiger partial charge in [0.2, 0.25) is 27.7 Å². The first-order chi connectivity index (χ1) is 25.1. The molecule has 0 bridgehead atoms. The number of aromatic nitrogens is 7. The molecule has 0 fully saturated rings. The number of halogens is 4. The normalized spacial score (nSPS) is 11.9. The number of alkyl halides is 2. The first kappa shape index (κ1) is 41.6. The molecule has 3 N–H and O–H groups in total. The van der Waals surface area contributed by atoms with Gasteiger partial charge in [0.25, 0.3) is 10.0 Å². The van der Waals surface area contributed by atoms with Gasteiger partial charge in [-0.05, 0) is 31.2 Å². The summed E-state index contributed by atoms with van der Waals surface area (Å²) >= 11 is 11.8. The summed E-state index contributed by atoms with van der Waals surface area (Å²) in [6.07, 6.45) is 2.22. The number of imidazole rings is 1. The van der Waals surface area contributed by atoms with E-state index in [9.17, 15) is 43.6 Å². The third kappa shape index (κ3) is 9.33. The van der Waals surface area contributed by atoms with E-state index in [1.165, 1.54) is 58.5 Å². The number of methoxy groups -OCH3 is 2. The van der Waals surface area contributed by atoms with Crippen LogP contribution in [0, 0.1) is 6.92 Å². The van der Waals surface area contributed by atoms with Crippen molar-refractivity contribution in [3.8, 4) is 17.4 Å². The molecule has 0 aliphatic carbocycles. The van der Waals surface area contributed by atoms with E-state index in [4.69, 9.17) is 32.7 Å². The van der Waals surface area contributed by atoms with Gasteiger partial charge in [0.05, 0.1) is 53.7 Å². The number of carbonyl (C=O) groups excluding carboxylic acids is 1. The Morgan fingerprint density at radius 2 is 1.59 bits per heavy atom. The molecule has 0 saturated heterocycles. The fourth-order valence-electron chi connectivity index (χ4n) is 4.34. The molecule has 0 aliphatic heterocycles. The zero-order chi connectivity index (χ0) is 40.3. The zero-order valence-corrected chi connectivity index (χ0v) is 32.2. The van der Waals surface area contributed by atoms with Gasteiger partial charge < -0.3 is 9.47 Å². The predicted octanol–water partition coefficient (Wildman–Crippen LogP) is 2.86. The number of sulfonamides is 2. The maximum Gasteiger partial charge on any atom is 0.355 e. The number of rotatable bonds is 11. The number of nitrogens with zero attached hydrogens (tertiary/aromatic N) is 7. The number of ether oxygens (including phenoxy) is 2. The highest BCUT2D eigenvalue weighted by molar-refractivity contribution is 7.93. The Morgan fingerprint density at radius 1 is 0.963 bits per heavy atom. The molecule has 0 radical (unpaired) electrons. The molecule has 0 atom stereocenters. The number of anilines is 2. The molecule has 0 unspecified atom stereocenters. The lowest BCUT2D eigenvalue weighted by atomic mass is 10.3. The molecule has 292 valence electrons. The van der Waals surface area contributed by atoms with Crippen LogP contribution in [0.15, 0.2) is 57.4 Å². The number of hydrogen-bond acceptors (Lipinski definition) is 14. The predicted molar refractivity (Wildman–Crippen MR) is 190 cm³/mol. The molecule has 5 rings (SSSR count). The van der Waals surface area contributed by atoms with Crippen LogP contribution in [0.1, 0.15) is 19.3 Å². The van der Waals surface area contributed by atoms with E-state index < -0.39 is 58.2 Å². The Morgan fingerprint density at radius 3 is 2.13 bits per heavy atom. The van der Waals surface area contributed by atoms with E-state index in [0.717, 1.165) is 16.7 Å². The Hall–Kier alpha value is -5.11. The topological polar surface area (TPSA) is 257 Å². The lowest BCUT2D eigenvalue weighted by Gasteiger charge is -2.10. The number of pyridine rings is 1. The van der Waals surface area contributed by atoms with Crippen LogP contribution in [0.2, 0.25) is 10.0 Å². The van der Waals surface area contributed by atoms with E-state index >= 15 is 0 Å². The van der Waals surface area contributed by atoms with Crippen molar-refractivity contribution in [3.63, 3.8) is 0 Å². The minimum absolute atomic E-state index is 0.0257. The number of aryl methyl sites for hydroxylation is 1. The van der Waals surface area contributed by atoms with Crippen LogP contribution < -0.4 is 29.9 Å². The number of nitrogens with one attached hydrogen (secondary N) is 3. The third-order valence-electron chi connectivity index (χ3n) is 6.67. The van der Waals surface area contributed by atoms with Crippen molar-refractivity contribution in [1.82, 2.24) is 38.4 Å². The molecule has 27 heteroatoms. The van der Waals surface area contributed by atoms with Crippen LogP contribution in [0.25, 0.3) is 11.3 Å². The number of fused-ring (bicyclic) bond motifs is 1. The second-order valence-electron chi connectivity index (χ2n) is 10.4. The lowest BCUT2D eigenvalue weighted by Crippen LogP contribution is -2.36. The summed E-state index contributed by atoms with van der Waals surface area (Å²) in [5.74, 6) is -0.799. The first-order valence-electron chi connectivity index (χ1n) is 14.6. The number of sulfone groups is 1. The zero-order valence-electron chi connectivity index (χ0n) is 28.3. The highest BCUT2D eigenvalue weighted by atomic mass is 35.5. The monoisotopic (exact) mass is 856 g/mol. The van der Waals surface area contributed by atoms with E-state index in [2.05, 4.69) is 30.1 Å². The van der Waals surface area contributed by atoms with E-state index in [1.807, 2.05) is 0 Å². The van der Waals surface area contributed by atoms with Gasteiger partial charge in [-0.1, -0.05) is 36.2 Å². The Balaban J connectivity index is 0.000000252. The maximum absolute atomic E-state index is 13.0. The first-order valence-corrected chi connectivity index (χ1v) is 20.3. The van der Waals surface area contributed by atoms with Crippen molar-refractivity contribution >= 4 is 76.4 Å². The summed E-state index contributed by atoms with van der Waals surface area (Å²) in [5, 5.41) is 4.41. The fourth-order valence-corrected chi connectivity index (χ4v) is 8.13. The van der Waals surface area contributed by atoms with Crippen molar-refractivity contribution < 1.29 is 48.3 Å². The van der Waals surface area contributed by atoms with Gasteiger partial charge in [-0.15, -0.1) is 5.10 Å². The summed E-state index contributed by atoms with van der Waals surface area (Å²) in [7, 11) is -9.69. The van der Waals surface area contributed by atoms with Crippen LogP contribution in [0.5, 0.6) is 11.8 Å². The van der Waals surface area contributed by atoms with Crippen LogP contribution in [0.3, 0.4) is 0 Å². The molecule has 0 spiro atoms. The quantitative estimate of drug-likeness (QED) is 0.173. The maximum atomic E-state index is 13.0. The number of carbonyl (C=O) groups is 1. The van der Waals surface area contributed by atoms with Gasteiger partial charge in [-0.2, -0.15) is 31.8 Å². The second kappa shape index (κ2) is 16.1. The largest absolute Gasteiger partial charge is 0.481 e. The summed E-state index contributed by atoms with van der Waals surface area (Å²) < 4.78 is 115. The van der Waals surface area contributed by atoms with Gasteiger partial charge in [-0.3, -0.25) is 14.4 Å². The van der Waals surface area contributed by atoms with Crippen LogP contribution >= 0.6 is 23.2 Å². The number of benzene rings is 1. The molecule has 4 aromatic heterocycles. The molecule has 4 heterocycles. The van der Waals surface area contributed by atoms with Crippen molar-refractivity contribution in [1.29, 1.82) is 0 Å². The smallest absolute Gasteiger partial charge is 0.355 e. The Labute approximate surface area is 315 Å². The van der Waals surface area contributed by atoms with Crippen LogP contribution in [0.4, 0.5) is 25.2 Å². The van der Waals surface area contributed by atoms with Crippen LogP contribution in [-0.2, 0) is 29.9 Å². The molecule has 20 nitrogen and oxygen atoms in total. The number of amides is 2. The SMILES string of the molecule is CCS(=O)(=O)c1nc2ccccn2c1S(=O)(=O)NC(=O)Nc1nc(OC)cc(OC)n1.Cc1nn(-c2cc(NS(C)(=O)=O)c(Cl)cc2Cl)c(=O)n1C(F)F. The van der Waals surface area contributed by atoms with Gasteiger partial charge in [0.15, 0.2) is 19.9 Å². The molecular weight excluding hydrogens is 829 g/mol. The lowest BCUT2D eigenvalue weighted by molar-refractivity contribution is 0.0640. The Bertz CT molecular complexity index is 2610. The summed E-state index contributed by atoms with van der Waals surface area (Å²) in [6.45, 7) is -0.497. The van der Waals surface area contributed by atoms with E-state index in [-0.39, 0.29) is 60.9 Å². The van der Waals surface area contributed by atoms with E-state index in [0.29, 0.717) is 4.68 Å². The van der Waals surface area contributed by atoms with Crippen molar-refractivity contribution in [2.75, 3.05) is 36.3 Å². The Kier molecular flexibility index (Phi) is 12.4. The third-order valence-corrected chi connectivity index (χ3v) is 11.0. The summed E-state index contributed by atoms with van der Waals surface area (Å²) in [6, 6.07) is 6.91. The number of hydrogen-bond donors (Lipinski definition) is 3. The highest BCUT2D eigenvalue weighted by Gasteiger charge is 2.33. The fraction of sp³-hybridized carbons (Fsp3) is 0.259. The molecule has 0 saturated carbocycles. The van der Waals surface area contributed by atoms with Gasteiger partial charge in [0.1, 0.15) is 11.5 Å². The summed E-state index contributed by atoms with van der Waals surface area (Å²) in [5.41, 5.74) is -1.19. The van der Waals surface area contributed by atoms with Gasteiger partial charge >= 0.3 is 18.3 Å². The standard InChI is InChI=1S/C16H18N6O7S2.C11H10Cl2F2N4O3S/c1-4-30(24,25)13-14(22-8-6-5-7-10(22)17-13)31(26,27)21-16(23)20-15-18-11(28-2)9-12(19-15)29-3;1-5-16-19(11(20)18(5)10(14)15)9-4-8(17-23(2,21)22)6(12)3-7(9)13/h5-9H,4H2,1-3H3,(H2,18,19,20,21,23);3-4,10,17H,1-2H3. The summed E-state index contributed by atoms with van der Waals surface area (Å²) in [4.78, 5) is 36.0. The minimum atomic E-state index is -4.68. The average Bonchev–Trinajstić information content (AvgIpc) is 3.63. The molecule has 54 heavy (non-hydrogen) atoms. The van der Waals surface area contributed by atoms with Crippen molar-refractivity contribution in [2.45, 2.75) is 30.4 Å². The second-order valence-corrected chi connectivity index (χ2v) is 16.8. The molecule has 5 aromatic rings. The van der Waals surface area contributed by atoms with Crippen molar-refractivity contribution in [2.24, 2.45) is 0 Å². The molecule has 0 aliphatic rings. The van der Waals surface area contributed by atoms with Gasteiger partial charge in [0, 0.05) is 6.20 Å². The van der Waals surface area contributed by atoms with Crippen LogP contribution in [-0.4, -0.2) is 91.2 Å². The molecule has 2 amide bonds. The highest BCUT2D eigenvalue weighted by Crippen LogP contribution is 2.32. The van der Waals surface area contributed by atoms with Gasteiger partial charge in [-0.25, -0.2) is 40.7 Å². The minimum Gasteiger partial charge on any atom is -0.481 e. The number of urea groups is 1. The van der Waals surface area contributed by atoms with E-state index in [1.54, 1.807) is 10.8 Å². The van der Waals surface area contributed by atoms with Crippen molar-refractivity contribution in [3.05, 3.63) is 68.9 Å². The molecular formula is C27H28Cl2F2N10O10S3. The molecule has 1 aromatic carbocycles.